The van der Waals surface area contributed by atoms with Crippen molar-refractivity contribution in [3.8, 4) is 0 Å². The molecule has 0 fully saturated rings. The Morgan fingerprint density at radius 1 is 1.37 bits per heavy atom. The topological polar surface area (TPSA) is 46.9 Å². The van der Waals surface area contributed by atoms with Crippen molar-refractivity contribution in [3.63, 3.8) is 0 Å². The Bertz CT molecular complexity index is 446. The molecule has 1 heterocycles. The minimum absolute atomic E-state index is 0.0463. The van der Waals surface area contributed by atoms with Crippen LogP contribution in [-0.4, -0.2) is 22.2 Å². The van der Waals surface area contributed by atoms with E-state index in [9.17, 15) is 4.79 Å². The highest BCUT2D eigenvalue weighted by Gasteiger charge is 2.15. The van der Waals surface area contributed by atoms with Crippen LogP contribution in [0.2, 0.25) is 0 Å². The van der Waals surface area contributed by atoms with Gasteiger partial charge in [0.05, 0.1) is 10.2 Å². The molecule has 0 saturated carbocycles. The molecule has 4 nitrogen and oxygen atoms in total. The Kier molecular flexibility index (Phi) is 5.59. The fourth-order valence-corrected chi connectivity index (χ4v) is 2.18. The largest absolute Gasteiger partial charge is 0.356 e. The molecule has 0 aromatic carbocycles. The van der Waals surface area contributed by atoms with Gasteiger partial charge in [-0.25, -0.2) is 0 Å². The fourth-order valence-electron chi connectivity index (χ4n) is 1.89. The van der Waals surface area contributed by atoms with E-state index in [4.69, 9.17) is 0 Å². The van der Waals surface area contributed by atoms with Crippen LogP contribution in [0.1, 0.15) is 45.0 Å². The molecule has 108 valence electrons. The molecular weight excluding hydrogens is 306 g/mol. The minimum Gasteiger partial charge on any atom is -0.356 e. The number of nitrogens with one attached hydrogen (secondary N) is 1. The zero-order valence-corrected chi connectivity index (χ0v) is 14.1. The quantitative estimate of drug-likeness (QED) is 0.843. The first-order valence-electron chi connectivity index (χ1n) is 6.67. The van der Waals surface area contributed by atoms with Gasteiger partial charge >= 0.3 is 0 Å². The number of rotatable bonds is 5. The molecule has 0 aliphatic heterocycles. The van der Waals surface area contributed by atoms with Crippen LogP contribution in [0.3, 0.4) is 0 Å². The zero-order valence-electron chi connectivity index (χ0n) is 12.5. The van der Waals surface area contributed by atoms with Gasteiger partial charge in [0, 0.05) is 25.2 Å². The smallest absolute Gasteiger partial charge is 0.220 e. The summed E-state index contributed by atoms with van der Waals surface area (Å²) in [7, 11) is 0. The van der Waals surface area contributed by atoms with Gasteiger partial charge in [-0.1, -0.05) is 20.8 Å². The van der Waals surface area contributed by atoms with Crippen molar-refractivity contribution in [2.45, 2.75) is 54.0 Å². The molecule has 0 atom stereocenters. The fraction of sp³-hybridized carbons (Fsp3) is 0.714. The van der Waals surface area contributed by atoms with Crippen molar-refractivity contribution in [1.29, 1.82) is 0 Å². The molecule has 0 bridgehead atoms. The summed E-state index contributed by atoms with van der Waals surface area (Å²) in [5.74, 6) is 0.127. The number of hydrogen-bond donors (Lipinski definition) is 1. The highest BCUT2D eigenvalue weighted by molar-refractivity contribution is 9.10. The lowest BCUT2D eigenvalue weighted by molar-refractivity contribution is -0.122. The third-order valence-corrected chi connectivity index (χ3v) is 4.00. The van der Waals surface area contributed by atoms with Crippen molar-refractivity contribution in [2.75, 3.05) is 6.54 Å². The number of hydrogen-bond acceptors (Lipinski definition) is 2. The highest BCUT2D eigenvalue weighted by atomic mass is 79.9. The van der Waals surface area contributed by atoms with E-state index >= 15 is 0 Å². The lowest BCUT2D eigenvalue weighted by atomic mass is 9.92. The van der Waals surface area contributed by atoms with Crippen LogP contribution in [0.15, 0.2) is 4.47 Å². The molecule has 1 aromatic rings. The van der Waals surface area contributed by atoms with Gasteiger partial charge in [0.15, 0.2) is 0 Å². The number of carbonyl (C=O) groups is 1. The molecular formula is C14H24BrN3O. The van der Waals surface area contributed by atoms with Gasteiger partial charge in [-0.15, -0.1) is 0 Å². The number of carbonyl (C=O) groups excluding carboxylic acids is 1. The van der Waals surface area contributed by atoms with Gasteiger partial charge in [0.25, 0.3) is 0 Å². The third kappa shape index (κ3) is 5.35. The molecule has 1 aromatic heterocycles. The molecule has 1 amide bonds. The van der Waals surface area contributed by atoms with Gasteiger partial charge in [-0.2, -0.15) is 5.10 Å². The summed E-state index contributed by atoms with van der Waals surface area (Å²) < 4.78 is 3.05. The Morgan fingerprint density at radius 3 is 2.47 bits per heavy atom. The van der Waals surface area contributed by atoms with Crippen LogP contribution in [-0.2, 0) is 11.3 Å². The first-order valence-corrected chi connectivity index (χ1v) is 7.46. The predicted octanol–water partition coefficient (Wildman–Crippen LogP) is 3.20. The number of nitrogens with zero attached hydrogens (tertiary/aromatic N) is 2. The molecule has 0 aliphatic carbocycles. The SMILES string of the molecule is Cc1nn(CCCNC(=O)CC(C)(C)C)c(C)c1Br. The first kappa shape index (κ1) is 16.2. The highest BCUT2D eigenvalue weighted by Crippen LogP contribution is 2.20. The Labute approximate surface area is 124 Å². The monoisotopic (exact) mass is 329 g/mol. The van der Waals surface area contributed by atoms with E-state index in [0.717, 1.165) is 28.8 Å². The summed E-state index contributed by atoms with van der Waals surface area (Å²) in [4.78, 5) is 11.7. The molecule has 0 saturated heterocycles. The summed E-state index contributed by atoms with van der Waals surface area (Å²) in [5, 5.41) is 7.40. The second-order valence-corrected chi connectivity index (χ2v) is 6.94. The standard InChI is InChI=1S/C14H24BrN3O/c1-10-13(15)11(2)18(17-10)8-6-7-16-12(19)9-14(3,4)5/h6-9H2,1-5H3,(H,16,19). The average Bonchev–Trinajstić information content (AvgIpc) is 2.50. The van der Waals surface area contributed by atoms with E-state index in [2.05, 4.69) is 47.1 Å². The number of aromatic nitrogens is 2. The van der Waals surface area contributed by atoms with Gasteiger partial charge < -0.3 is 5.32 Å². The van der Waals surface area contributed by atoms with Crippen LogP contribution in [0, 0.1) is 19.3 Å². The Balaban J connectivity index is 2.31. The maximum absolute atomic E-state index is 11.7. The predicted molar refractivity (Wildman–Crippen MR) is 81.1 cm³/mol. The van der Waals surface area contributed by atoms with E-state index in [1.54, 1.807) is 0 Å². The van der Waals surface area contributed by atoms with Crippen molar-refractivity contribution >= 4 is 21.8 Å². The average molecular weight is 330 g/mol. The van der Waals surface area contributed by atoms with Crippen LogP contribution in [0.5, 0.6) is 0 Å². The van der Waals surface area contributed by atoms with E-state index in [1.165, 1.54) is 0 Å². The van der Waals surface area contributed by atoms with Crippen molar-refractivity contribution in [1.82, 2.24) is 15.1 Å². The normalized spacial score (nSPS) is 11.7. The van der Waals surface area contributed by atoms with Crippen LogP contribution >= 0.6 is 15.9 Å². The third-order valence-electron chi connectivity index (χ3n) is 2.85. The Morgan fingerprint density at radius 2 is 2.00 bits per heavy atom. The molecule has 0 aliphatic rings. The zero-order chi connectivity index (χ0) is 14.6. The van der Waals surface area contributed by atoms with E-state index in [-0.39, 0.29) is 11.3 Å². The van der Waals surface area contributed by atoms with Crippen LogP contribution in [0.4, 0.5) is 0 Å². The lowest BCUT2D eigenvalue weighted by Gasteiger charge is -2.17. The molecule has 5 heteroatoms. The van der Waals surface area contributed by atoms with Gasteiger partial charge in [0.2, 0.25) is 5.91 Å². The first-order chi connectivity index (χ1) is 8.70. The molecule has 0 radical (unpaired) electrons. The number of aryl methyl sites for hydroxylation is 2. The van der Waals surface area contributed by atoms with Crippen molar-refractivity contribution in [3.05, 3.63) is 15.9 Å². The number of halogens is 1. The lowest BCUT2D eigenvalue weighted by Crippen LogP contribution is -2.29. The van der Waals surface area contributed by atoms with Gasteiger partial charge in [-0.3, -0.25) is 9.48 Å². The van der Waals surface area contributed by atoms with Crippen LogP contribution < -0.4 is 5.32 Å². The molecule has 1 rings (SSSR count). The maximum atomic E-state index is 11.7. The number of amides is 1. The molecule has 0 spiro atoms. The second kappa shape index (κ2) is 6.55. The summed E-state index contributed by atoms with van der Waals surface area (Å²) in [5.41, 5.74) is 2.19. The summed E-state index contributed by atoms with van der Waals surface area (Å²) >= 11 is 3.51. The van der Waals surface area contributed by atoms with Gasteiger partial charge in [0.1, 0.15) is 0 Å². The van der Waals surface area contributed by atoms with E-state index < -0.39 is 0 Å². The molecule has 1 N–H and O–H groups in total. The van der Waals surface area contributed by atoms with Crippen molar-refractivity contribution < 1.29 is 4.79 Å². The van der Waals surface area contributed by atoms with Crippen molar-refractivity contribution in [2.24, 2.45) is 5.41 Å². The molecule has 19 heavy (non-hydrogen) atoms. The summed E-state index contributed by atoms with van der Waals surface area (Å²) in [6.45, 7) is 11.8. The summed E-state index contributed by atoms with van der Waals surface area (Å²) in [6.07, 6.45) is 1.46. The Hall–Kier alpha value is -0.840. The van der Waals surface area contributed by atoms with Gasteiger partial charge in [-0.05, 0) is 41.6 Å². The maximum Gasteiger partial charge on any atom is 0.220 e. The second-order valence-electron chi connectivity index (χ2n) is 6.15. The molecule has 0 unspecified atom stereocenters. The minimum atomic E-state index is 0.0463. The summed E-state index contributed by atoms with van der Waals surface area (Å²) in [6, 6.07) is 0. The van der Waals surface area contributed by atoms with E-state index in [1.807, 2.05) is 18.5 Å². The van der Waals surface area contributed by atoms with E-state index in [0.29, 0.717) is 13.0 Å². The van der Waals surface area contributed by atoms with Crippen LogP contribution in [0.25, 0.3) is 0 Å².